The molecular weight excluding hydrogens is 374 g/mol. The third-order valence-corrected chi connectivity index (χ3v) is 8.05. The first-order valence-corrected chi connectivity index (χ1v) is 9.68. The molecule has 1 saturated carbocycles. The molecule has 0 atom stereocenters. The van der Waals surface area contributed by atoms with Crippen molar-refractivity contribution in [1.82, 2.24) is 13.9 Å². The van der Waals surface area contributed by atoms with E-state index in [1.807, 2.05) is 24.7 Å². The normalized spacial score (nSPS) is 15.8. The highest BCUT2D eigenvalue weighted by Crippen LogP contribution is 2.37. The molecule has 0 spiro atoms. The molecule has 0 aromatic carbocycles. The number of aryl methyl sites for hydroxylation is 2. The third-order valence-electron chi connectivity index (χ3n) is 3.57. The van der Waals surface area contributed by atoms with Gasteiger partial charge in [0.25, 0.3) is 10.0 Å². The van der Waals surface area contributed by atoms with Crippen LogP contribution in [0.15, 0.2) is 26.5 Å². The summed E-state index contributed by atoms with van der Waals surface area (Å²) < 4.78 is 30.5. The molecule has 21 heavy (non-hydrogen) atoms. The van der Waals surface area contributed by atoms with E-state index in [9.17, 15) is 8.42 Å². The van der Waals surface area contributed by atoms with Crippen molar-refractivity contribution in [3.63, 3.8) is 0 Å². The maximum absolute atomic E-state index is 12.9. The Labute approximate surface area is 136 Å². The molecule has 0 radical (unpaired) electrons. The van der Waals surface area contributed by atoms with Crippen LogP contribution in [-0.4, -0.2) is 28.3 Å². The maximum Gasteiger partial charge on any atom is 0.253 e. The number of thiophene rings is 1. The van der Waals surface area contributed by atoms with E-state index in [0.717, 1.165) is 28.0 Å². The zero-order valence-electron chi connectivity index (χ0n) is 11.8. The first kappa shape index (κ1) is 15.2. The highest BCUT2D eigenvalue weighted by molar-refractivity contribution is 9.11. The summed E-state index contributed by atoms with van der Waals surface area (Å²) in [4.78, 5) is 4.25. The summed E-state index contributed by atoms with van der Waals surface area (Å²) in [6.07, 6.45) is 5.38. The average Bonchev–Trinajstić information content (AvgIpc) is 3.09. The first-order chi connectivity index (χ1) is 9.89. The van der Waals surface area contributed by atoms with Gasteiger partial charge in [0, 0.05) is 25.5 Å². The largest absolute Gasteiger partial charge is 0.337 e. The Bertz CT molecular complexity index is 743. The van der Waals surface area contributed by atoms with E-state index in [1.165, 1.54) is 11.3 Å². The van der Waals surface area contributed by atoms with E-state index in [0.29, 0.717) is 10.8 Å². The molecule has 114 valence electrons. The molecule has 1 fully saturated rings. The maximum atomic E-state index is 12.9. The lowest BCUT2D eigenvalue weighted by atomic mass is 10.4. The van der Waals surface area contributed by atoms with Gasteiger partial charge in [-0.25, -0.2) is 13.4 Å². The zero-order valence-corrected chi connectivity index (χ0v) is 15.0. The molecule has 0 bridgehead atoms. The number of nitrogens with zero attached hydrogens (tertiary/aromatic N) is 3. The van der Waals surface area contributed by atoms with Crippen LogP contribution in [0.2, 0.25) is 0 Å². The van der Waals surface area contributed by atoms with Gasteiger partial charge in [-0.1, -0.05) is 0 Å². The minimum absolute atomic E-state index is 0.105. The van der Waals surface area contributed by atoms with Crippen LogP contribution in [0.4, 0.5) is 0 Å². The third kappa shape index (κ3) is 2.94. The van der Waals surface area contributed by atoms with Crippen molar-refractivity contribution in [2.45, 2.75) is 36.6 Å². The molecular formula is C13H16BrN3O2S2. The number of halogens is 1. The fourth-order valence-electron chi connectivity index (χ4n) is 2.14. The molecule has 2 aromatic rings. The van der Waals surface area contributed by atoms with Gasteiger partial charge in [-0.15, -0.1) is 11.3 Å². The average molecular weight is 390 g/mol. The van der Waals surface area contributed by atoms with Crippen LogP contribution in [0, 0.1) is 6.92 Å². The quantitative estimate of drug-likeness (QED) is 0.789. The van der Waals surface area contributed by atoms with Gasteiger partial charge >= 0.3 is 0 Å². The fourth-order valence-corrected chi connectivity index (χ4v) is 6.13. The van der Waals surface area contributed by atoms with Gasteiger partial charge in [0.05, 0.1) is 10.3 Å². The number of sulfonamides is 1. The van der Waals surface area contributed by atoms with Crippen molar-refractivity contribution >= 4 is 37.3 Å². The van der Waals surface area contributed by atoms with Crippen molar-refractivity contribution in [3.05, 3.63) is 33.6 Å². The highest BCUT2D eigenvalue weighted by atomic mass is 79.9. The van der Waals surface area contributed by atoms with E-state index in [2.05, 4.69) is 20.9 Å². The van der Waals surface area contributed by atoms with Crippen LogP contribution in [0.5, 0.6) is 0 Å². The van der Waals surface area contributed by atoms with Gasteiger partial charge in [0.2, 0.25) is 0 Å². The Morgan fingerprint density at radius 1 is 1.52 bits per heavy atom. The van der Waals surface area contributed by atoms with Crippen LogP contribution in [0.25, 0.3) is 0 Å². The Morgan fingerprint density at radius 2 is 2.24 bits per heavy atom. The first-order valence-electron chi connectivity index (χ1n) is 6.63. The second-order valence-corrected chi connectivity index (χ2v) is 9.75. The SMILES string of the molecule is Cc1cc(S(=O)(=O)N(Cc2nccn2C)C2CC2)sc1Br. The van der Waals surface area contributed by atoms with E-state index in [-0.39, 0.29) is 6.04 Å². The van der Waals surface area contributed by atoms with Gasteiger partial charge in [-0.3, -0.25) is 0 Å². The summed E-state index contributed by atoms with van der Waals surface area (Å²) in [5.74, 6) is 0.762. The van der Waals surface area contributed by atoms with Crippen LogP contribution >= 0.6 is 27.3 Å². The summed E-state index contributed by atoms with van der Waals surface area (Å²) in [5, 5.41) is 0. The molecule has 0 saturated heterocycles. The lowest BCUT2D eigenvalue weighted by Gasteiger charge is -2.20. The number of hydrogen-bond donors (Lipinski definition) is 0. The van der Waals surface area contributed by atoms with Crippen LogP contribution < -0.4 is 0 Å². The van der Waals surface area contributed by atoms with Crippen LogP contribution in [0.3, 0.4) is 0 Å². The number of hydrogen-bond acceptors (Lipinski definition) is 4. The van der Waals surface area contributed by atoms with E-state index in [4.69, 9.17) is 0 Å². The molecule has 0 aliphatic heterocycles. The summed E-state index contributed by atoms with van der Waals surface area (Å²) >= 11 is 4.67. The molecule has 0 N–H and O–H groups in total. The van der Waals surface area contributed by atoms with Crippen molar-refractivity contribution in [2.75, 3.05) is 0 Å². The molecule has 3 rings (SSSR count). The van der Waals surface area contributed by atoms with Gasteiger partial charge in [-0.2, -0.15) is 4.31 Å². The predicted molar refractivity (Wildman–Crippen MR) is 85.7 cm³/mol. The van der Waals surface area contributed by atoms with E-state index >= 15 is 0 Å². The summed E-state index contributed by atoms with van der Waals surface area (Å²) in [6, 6.07) is 1.84. The Hall–Kier alpha value is -0.700. The smallest absolute Gasteiger partial charge is 0.253 e. The van der Waals surface area contributed by atoms with Crippen molar-refractivity contribution < 1.29 is 8.42 Å². The minimum Gasteiger partial charge on any atom is -0.337 e. The van der Waals surface area contributed by atoms with Gasteiger partial charge in [0.1, 0.15) is 10.0 Å². The fraction of sp³-hybridized carbons (Fsp3) is 0.462. The number of imidazole rings is 1. The molecule has 1 aliphatic carbocycles. The topological polar surface area (TPSA) is 55.2 Å². The standard InChI is InChI=1S/C13H16BrN3O2S2/c1-9-7-12(20-13(9)14)21(18,19)17(10-3-4-10)8-11-15-5-6-16(11)2/h5-7,10H,3-4,8H2,1-2H3. The second-order valence-electron chi connectivity index (χ2n) is 5.26. The molecule has 0 amide bonds. The van der Waals surface area contributed by atoms with Crippen LogP contribution in [0.1, 0.15) is 24.2 Å². The van der Waals surface area contributed by atoms with Crippen molar-refractivity contribution in [3.8, 4) is 0 Å². The second kappa shape index (κ2) is 5.49. The Morgan fingerprint density at radius 3 is 2.71 bits per heavy atom. The Kier molecular flexibility index (Phi) is 3.98. The molecule has 8 heteroatoms. The van der Waals surface area contributed by atoms with Crippen molar-refractivity contribution in [1.29, 1.82) is 0 Å². The van der Waals surface area contributed by atoms with Crippen molar-refractivity contribution in [2.24, 2.45) is 7.05 Å². The summed E-state index contributed by atoms with van der Waals surface area (Å²) in [7, 11) is -1.58. The molecule has 2 heterocycles. The lowest BCUT2D eigenvalue weighted by molar-refractivity contribution is 0.386. The molecule has 5 nitrogen and oxygen atoms in total. The number of rotatable bonds is 5. The Balaban J connectivity index is 1.95. The van der Waals surface area contributed by atoms with E-state index in [1.54, 1.807) is 16.6 Å². The monoisotopic (exact) mass is 389 g/mol. The van der Waals surface area contributed by atoms with E-state index < -0.39 is 10.0 Å². The van der Waals surface area contributed by atoms with Gasteiger partial charge in [-0.05, 0) is 47.3 Å². The zero-order chi connectivity index (χ0) is 15.2. The highest BCUT2D eigenvalue weighted by Gasteiger charge is 2.39. The predicted octanol–water partition coefficient (Wildman–Crippen LogP) is 2.91. The van der Waals surface area contributed by atoms with Crippen LogP contribution in [-0.2, 0) is 23.6 Å². The minimum atomic E-state index is -3.46. The lowest BCUT2D eigenvalue weighted by Crippen LogP contribution is -2.33. The van der Waals surface area contributed by atoms with Gasteiger partial charge < -0.3 is 4.57 Å². The molecule has 1 aliphatic rings. The summed E-state index contributed by atoms with van der Waals surface area (Å²) in [5.41, 5.74) is 0.950. The molecule has 2 aromatic heterocycles. The number of aromatic nitrogens is 2. The summed E-state index contributed by atoms with van der Waals surface area (Å²) in [6.45, 7) is 2.23. The van der Waals surface area contributed by atoms with Gasteiger partial charge in [0.15, 0.2) is 0 Å². The molecule has 0 unspecified atom stereocenters.